The maximum atomic E-state index is 10.6. The fourth-order valence-electron chi connectivity index (χ4n) is 0.845. The van der Waals surface area contributed by atoms with Crippen LogP contribution < -0.4 is 10.0 Å². The summed E-state index contributed by atoms with van der Waals surface area (Å²) in [5.41, 5.74) is 0. The van der Waals surface area contributed by atoms with Crippen molar-refractivity contribution in [2.45, 2.75) is 6.10 Å². The first-order valence-electron chi connectivity index (χ1n) is 4.28. The van der Waals surface area contributed by atoms with Crippen LogP contribution >= 0.6 is 0 Å². The highest BCUT2D eigenvalue weighted by Gasteiger charge is 2.02. The molecule has 0 spiro atoms. The molecular formula is C7H18N2O4S. The monoisotopic (exact) mass is 226 g/mol. The Hall–Kier alpha value is -0.210. The van der Waals surface area contributed by atoms with Gasteiger partial charge in [0, 0.05) is 26.7 Å². The molecule has 14 heavy (non-hydrogen) atoms. The first kappa shape index (κ1) is 13.8. The quantitative estimate of drug-likeness (QED) is 0.422. The van der Waals surface area contributed by atoms with Gasteiger partial charge < -0.3 is 15.2 Å². The first-order chi connectivity index (χ1) is 6.45. The summed E-state index contributed by atoms with van der Waals surface area (Å²) in [4.78, 5) is 0. The fourth-order valence-corrected chi connectivity index (χ4v) is 1.32. The Morgan fingerprint density at radius 3 is 2.57 bits per heavy atom. The second-order valence-electron chi connectivity index (χ2n) is 2.98. The molecule has 0 rings (SSSR count). The molecule has 86 valence electrons. The number of nitrogens with one attached hydrogen (secondary N) is 2. The number of methoxy groups -OCH3 is 1. The Balaban J connectivity index is 3.30. The summed E-state index contributed by atoms with van der Waals surface area (Å²) in [5.74, 6) is 0. The van der Waals surface area contributed by atoms with Crippen molar-refractivity contribution in [3.05, 3.63) is 0 Å². The third-order valence-electron chi connectivity index (χ3n) is 1.41. The first-order valence-corrected chi connectivity index (χ1v) is 6.17. The van der Waals surface area contributed by atoms with Crippen molar-refractivity contribution in [1.82, 2.24) is 10.0 Å². The average molecular weight is 226 g/mol. The van der Waals surface area contributed by atoms with E-state index in [1.54, 1.807) is 0 Å². The van der Waals surface area contributed by atoms with Crippen molar-refractivity contribution in [3.8, 4) is 0 Å². The molecule has 0 heterocycles. The second kappa shape index (κ2) is 7.13. The van der Waals surface area contributed by atoms with Gasteiger partial charge in [0.2, 0.25) is 10.0 Å². The molecule has 0 aromatic carbocycles. The zero-order valence-corrected chi connectivity index (χ0v) is 9.30. The van der Waals surface area contributed by atoms with Gasteiger partial charge in [-0.15, -0.1) is 0 Å². The van der Waals surface area contributed by atoms with E-state index in [-0.39, 0.29) is 6.61 Å². The van der Waals surface area contributed by atoms with Gasteiger partial charge in [-0.1, -0.05) is 0 Å². The molecule has 0 aromatic heterocycles. The number of aliphatic hydroxyl groups is 1. The van der Waals surface area contributed by atoms with Crippen molar-refractivity contribution in [3.63, 3.8) is 0 Å². The van der Waals surface area contributed by atoms with E-state index in [0.717, 1.165) is 6.26 Å². The Labute approximate surface area is 84.7 Å². The third kappa shape index (κ3) is 9.87. The number of rotatable bonds is 8. The van der Waals surface area contributed by atoms with Crippen molar-refractivity contribution in [2.75, 3.05) is 39.6 Å². The van der Waals surface area contributed by atoms with Gasteiger partial charge in [0.15, 0.2) is 0 Å². The predicted octanol–water partition coefficient (Wildman–Crippen LogP) is -1.87. The third-order valence-corrected chi connectivity index (χ3v) is 2.13. The summed E-state index contributed by atoms with van der Waals surface area (Å²) in [5, 5.41) is 12.1. The van der Waals surface area contributed by atoms with Crippen LogP contribution in [0.5, 0.6) is 0 Å². The topological polar surface area (TPSA) is 87.7 Å². The molecule has 3 N–H and O–H groups in total. The van der Waals surface area contributed by atoms with Gasteiger partial charge in [-0.3, -0.25) is 0 Å². The van der Waals surface area contributed by atoms with Crippen LogP contribution in [-0.2, 0) is 14.8 Å². The van der Waals surface area contributed by atoms with Crippen LogP contribution in [0.2, 0.25) is 0 Å². The van der Waals surface area contributed by atoms with E-state index in [9.17, 15) is 13.5 Å². The molecule has 0 fully saturated rings. The van der Waals surface area contributed by atoms with Gasteiger partial charge >= 0.3 is 0 Å². The van der Waals surface area contributed by atoms with E-state index >= 15 is 0 Å². The van der Waals surface area contributed by atoms with Gasteiger partial charge in [0.1, 0.15) is 0 Å². The minimum atomic E-state index is -3.11. The van der Waals surface area contributed by atoms with Gasteiger partial charge in [-0.2, -0.15) is 0 Å². The average Bonchev–Trinajstić information content (AvgIpc) is 2.02. The molecule has 0 aliphatic heterocycles. The van der Waals surface area contributed by atoms with Crippen molar-refractivity contribution in [2.24, 2.45) is 0 Å². The molecule has 0 saturated carbocycles. The summed E-state index contributed by atoms with van der Waals surface area (Å²) in [6, 6.07) is 0. The van der Waals surface area contributed by atoms with Crippen LogP contribution in [0.25, 0.3) is 0 Å². The van der Waals surface area contributed by atoms with Crippen molar-refractivity contribution >= 4 is 10.0 Å². The van der Waals surface area contributed by atoms with Gasteiger partial charge in [-0.05, 0) is 0 Å². The predicted molar refractivity (Wildman–Crippen MR) is 53.6 cm³/mol. The molecule has 6 nitrogen and oxygen atoms in total. The maximum Gasteiger partial charge on any atom is 0.208 e. The molecule has 1 unspecified atom stereocenters. The maximum absolute atomic E-state index is 10.6. The Morgan fingerprint density at radius 2 is 2.07 bits per heavy atom. The SMILES string of the molecule is COCC(O)CNCCNS(C)(=O)=O. The lowest BCUT2D eigenvalue weighted by Crippen LogP contribution is -2.36. The number of ether oxygens (including phenoxy) is 1. The summed E-state index contributed by atoms with van der Waals surface area (Å²) in [6.45, 7) is 1.46. The summed E-state index contributed by atoms with van der Waals surface area (Å²) in [6.07, 6.45) is 0.547. The molecule has 0 radical (unpaired) electrons. The van der Waals surface area contributed by atoms with E-state index in [0.29, 0.717) is 19.6 Å². The highest BCUT2D eigenvalue weighted by Crippen LogP contribution is 1.80. The molecular weight excluding hydrogens is 208 g/mol. The second-order valence-corrected chi connectivity index (χ2v) is 4.81. The largest absolute Gasteiger partial charge is 0.389 e. The van der Waals surface area contributed by atoms with Crippen molar-refractivity contribution < 1.29 is 18.3 Å². The lowest BCUT2D eigenvalue weighted by Gasteiger charge is -2.10. The Morgan fingerprint density at radius 1 is 1.43 bits per heavy atom. The lowest BCUT2D eigenvalue weighted by molar-refractivity contribution is 0.0648. The van der Waals surface area contributed by atoms with E-state index in [1.807, 2.05) is 0 Å². The molecule has 0 aliphatic rings. The fraction of sp³-hybridized carbons (Fsp3) is 1.00. The summed E-state index contributed by atoms with van der Waals surface area (Å²) < 4.78 is 28.3. The minimum absolute atomic E-state index is 0.270. The van der Waals surface area contributed by atoms with Crippen molar-refractivity contribution in [1.29, 1.82) is 0 Å². The molecule has 0 saturated heterocycles. The van der Waals surface area contributed by atoms with E-state index < -0.39 is 16.1 Å². The van der Waals surface area contributed by atoms with E-state index in [2.05, 4.69) is 10.0 Å². The summed E-state index contributed by atoms with van der Waals surface area (Å²) in [7, 11) is -1.60. The highest BCUT2D eigenvalue weighted by molar-refractivity contribution is 7.88. The Bertz CT molecular complexity index is 230. The molecule has 0 aromatic rings. The smallest absolute Gasteiger partial charge is 0.208 e. The number of hydrogen-bond acceptors (Lipinski definition) is 5. The van der Waals surface area contributed by atoms with Gasteiger partial charge in [0.05, 0.1) is 19.0 Å². The van der Waals surface area contributed by atoms with Crippen LogP contribution in [0.15, 0.2) is 0 Å². The standard InChI is InChI=1S/C7H18N2O4S/c1-13-6-7(10)5-8-3-4-9-14(2,11)12/h7-10H,3-6H2,1-2H3. The number of aliphatic hydroxyl groups excluding tert-OH is 1. The lowest BCUT2D eigenvalue weighted by atomic mass is 10.4. The number of hydrogen-bond donors (Lipinski definition) is 3. The van der Waals surface area contributed by atoms with Gasteiger partial charge in [-0.25, -0.2) is 13.1 Å². The Kier molecular flexibility index (Phi) is 7.02. The van der Waals surface area contributed by atoms with Gasteiger partial charge in [0.25, 0.3) is 0 Å². The van der Waals surface area contributed by atoms with Crippen LogP contribution in [-0.4, -0.2) is 59.2 Å². The zero-order chi connectivity index (χ0) is 11.0. The molecule has 0 aliphatic carbocycles. The van der Waals surface area contributed by atoms with E-state index in [4.69, 9.17) is 4.74 Å². The van der Waals surface area contributed by atoms with Crippen LogP contribution in [0, 0.1) is 0 Å². The molecule has 0 amide bonds. The normalized spacial score (nSPS) is 14.2. The summed E-state index contributed by atoms with van der Waals surface area (Å²) >= 11 is 0. The molecule has 1 atom stereocenters. The number of sulfonamides is 1. The van der Waals surface area contributed by atoms with Crippen LogP contribution in [0.1, 0.15) is 0 Å². The highest BCUT2D eigenvalue weighted by atomic mass is 32.2. The van der Waals surface area contributed by atoms with Crippen LogP contribution in [0.3, 0.4) is 0 Å². The van der Waals surface area contributed by atoms with Crippen LogP contribution in [0.4, 0.5) is 0 Å². The zero-order valence-electron chi connectivity index (χ0n) is 8.49. The molecule has 7 heteroatoms. The van der Waals surface area contributed by atoms with E-state index in [1.165, 1.54) is 7.11 Å². The minimum Gasteiger partial charge on any atom is -0.389 e. The molecule has 0 bridgehead atoms.